The molecular weight excluding hydrogens is 157 g/mol. The van der Waals surface area contributed by atoms with Crippen molar-refractivity contribution in [2.45, 2.75) is 19.8 Å². The van der Waals surface area contributed by atoms with E-state index < -0.39 is 0 Å². The van der Waals surface area contributed by atoms with Gasteiger partial charge >= 0.3 is 0 Å². The highest BCUT2D eigenvalue weighted by atomic mass is 19.1. The predicted molar refractivity (Wildman–Crippen MR) is 44.8 cm³/mol. The minimum absolute atomic E-state index is 0.156. The fourth-order valence-electron chi connectivity index (χ4n) is 0.960. The Labute approximate surface area is 71.4 Å². The van der Waals surface area contributed by atoms with Crippen molar-refractivity contribution in [3.05, 3.63) is 23.6 Å². The van der Waals surface area contributed by atoms with E-state index in [0.29, 0.717) is 11.4 Å². The van der Waals surface area contributed by atoms with Crippen LogP contribution in [0, 0.1) is 5.82 Å². The second-order valence-corrected chi connectivity index (χ2v) is 2.90. The first-order chi connectivity index (χ1) is 5.65. The van der Waals surface area contributed by atoms with Gasteiger partial charge in [0.2, 0.25) is 5.88 Å². The van der Waals surface area contributed by atoms with Crippen molar-refractivity contribution < 1.29 is 9.13 Å². The summed E-state index contributed by atoms with van der Waals surface area (Å²) in [6.45, 7) is 3.85. The summed E-state index contributed by atoms with van der Waals surface area (Å²) in [6.07, 6.45) is 1.51. The summed E-state index contributed by atoms with van der Waals surface area (Å²) in [5.74, 6) is 0.220. The Balaban J connectivity index is 3.03. The molecule has 66 valence electrons. The third-order valence-corrected chi connectivity index (χ3v) is 1.69. The SMILES string of the molecule is COc1cc(F)c(C(C)C)cn1. The molecule has 0 aliphatic carbocycles. The summed E-state index contributed by atoms with van der Waals surface area (Å²) >= 11 is 0. The molecule has 1 heterocycles. The lowest BCUT2D eigenvalue weighted by Gasteiger charge is -2.06. The largest absolute Gasteiger partial charge is 0.481 e. The summed E-state index contributed by atoms with van der Waals surface area (Å²) < 4.78 is 17.9. The molecule has 1 aromatic rings. The summed E-state index contributed by atoms with van der Waals surface area (Å²) in [5, 5.41) is 0. The summed E-state index contributed by atoms with van der Waals surface area (Å²) in [7, 11) is 1.47. The van der Waals surface area contributed by atoms with E-state index in [-0.39, 0.29) is 11.7 Å². The van der Waals surface area contributed by atoms with Gasteiger partial charge in [0.25, 0.3) is 0 Å². The molecule has 0 unspecified atom stereocenters. The lowest BCUT2D eigenvalue weighted by atomic mass is 10.1. The molecule has 3 heteroatoms. The van der Waals surface area contributed by atoms with Crippen LogP contribution in [-0.2, 0) is 0 Å². The van der Waals surface area contributed by atoms with Gasteiger partial charge in [-0.05, 0) is 5.92 Å². The van der Waals surface area contributed by atoms with Gasteiger partial charge in [0, 0.05) is 17.8 Å². The molecule has 0 fully saturated rings. The second kappa shape index (κ2) is 3.52. The third-order valence-electron chi connectivity index (χ3n) is 1.69. The van der Waals surface area contributed by atoms with Crippen molar-refractivity contribution >= 4 is 0 Å². The van der Waals surface area contributed by atoms with E-state index in [2.05, 4.69) is 4.98 Å². The van der Waals surface area contributed by atoms with Crippen LogP contribution in [0.25, 0.3) is 0 Å². The van der Waals surface area contributed by atoms with Crippen molar-refractivity contribution in [2.75, 3.05) is 7.11 Å². The van der Waals surface area contributed by atoms with Crippen LogP contribution in [0.1, 0.15) is 25.3 Å². The van der Waals surface area contributed by atoms with E-state index in [1.807, 2.05) is 13.8 Å². The fraction of sp³-hybridized carbons (Fsp3) is 0.444. The summed E-state index contributed by atoms with van der Waals surface area (Å²) in [6, 6.07) is 1.30. The Morgan fingerprint density at radius 2 is 2.17 bits per heavy atom. The number of rotatable bonds is 2. The maximum atomic E-state index is 13.2. The molecule has 1 rings (SSSR count). The quantitative estimate of drug-likeness (QED) is 0.678. The van der Waals surface area contributed by atoms with E-state index in [4.69, 9.17) is 4.74 Å². The predicted octanol–water partition coefficient (Wildman–Crippen LogP) is 2.35. The molecule has 0 saturated heterocycles. The van der Waals surface area contributed by atoms with Crippen LogP contribution in [0.15, 0.2) is 12.3 Å². The zero-order chi connectivity index (χ0) is 9.14. The Kier molecular flexibility index (Phi) is 2.63. The minimum atomic E-state index is -0.253. The van der Waals surface area contributed by atoms with Gasteiger partial charge in [-0.2, -0.15) is 0 Å². The first-order valence-corrected chi connectivity index (χ1v) is 3.84. The van der Waals surface area contributed by atoms with Crippen LogP contribution < -0.4 is 4.74 Å². The van der Waals surface area contributed by atoms with Crippen LogP contribution in [0.5, 0.6) is 5.88 Å². The topological polar surface area (TPSA) is 22.1 Å². The van der Waals surface area contributed by atoms with Crippen molar-refractivity contribution in [3.8, 4) is 5.88 Å². The zero-order valence-corrected chi connectivity index (χ0v) is 7.47. The summed E-state index contributed by atoms with van der Waals surface area (Å²) in [4.78, 5) is 3.92. The van der Waals surface area contributed by atoms with E-state index in [1.54, 1.807) is 0 Å². The van der Waals surface area contributed by atoms with Gasteiger partial charge < -0.3 is 4.74 Å². The number of nitrogens with zero attached hydrogens (tertiary/aromatic N) is 1. The maximum absolute atomic E-state index is 13.2. The second-order valence-electron chi connectivity index (χ2n) is 2.90. The Morgan fingerprint density at radius 1 is 1.50 bits per heavy atom. The van der Waals surface area contributed by atoms with E-state index >= 15 is 0 Å². The highest BCUT2D eigenvalue weighted by Gasteiger charge is 2.07. The van der Waals surface area contributed by atoms with Gasteiger partial charge in [0.05, 0.1) is 7.11 Å². The van der Waals surface area contributed by atoms with E-state index in [9.17, 15) is 4.39 Å². The van der Waals surface area contributed by atoms with Crippen molar-refractivity contribution in [3.63, 3.8) is 0 Å². The van der Waals surface area contributed by atoms with Crippen LogP contribution in [0.2, 0.25) is 0 Å². The zero-order valence-electron chi connectivity index (χ0n) is 7.47. The van der Waals surface area contributed by atoms with Crippen LogP contribution in [0.3, 0.4) is 0 Å². The molecule has 0 aliphatic rings. The van der Waals surface area contributed by atoms with Gasteiger partial charge in [-0.3, -0.25) is 0 Å². The molecule has 1 aromatic heterocycles. The van der Waals surface area contributed by atoms with Gasteiger partial charge in [0.1, 0.15) is 5.82 Å². The summed E-state index contributed by atoms with van der Waals surface area (Å²) in [5.41, 5.74) is 0.621. The van der Waals surface area contributed by atoms with Crippen LogP contribution in [-0.4, -0.2) is 12.1 Å². The van der Waals surface area contributed by atoms with Crippen molar-refractivity contribution in [2.24, 2.45) is 0 Å². The molecule has 0 bridgehead atoms. The van der Waals surface area contributed by atoms with Gasteiger partial charge in [-0.1, -0.05) is 13.8 Å². The van der Waals surface area contributed by atoms with Crippen molar-refractivity contribution in [1.29, 1.82) is 0 Å². The van der Waals surface area contributed by atoms with E-state index in [0.717, 1.165) is 0 Å². The Bertz CT molecular complexity index is 273. The Morgan fingerprint density at radius 3 is 2.58 bits per heavy atom. The molecular formula is C9H12FNO. The Hall–Kier alpha value is -1.12. The molecule has 2 nitrogen and oxygen atoms in total. The molecule has 0 spiro atoms. The lowest BCUT2D eigenvalue weighted by molar-refractivity contribution is 0.393. The van der Waals surface area contributed by atoms with E-state index in [1.165, 1.54) is 19.4 Å². The number of methoxy groups -OCH3 is 1. The van der Waals surface area contributed by atoms with Crippen molar-refractivity contribution in [1.82, 2.24) is 4.98 Å². The standard InChI is InChI=1S/C9H12FNO/c1-6(2)7-5-11-9(12-3)4-8(7)10/h4-6H,1-3H3. The molecule has 0 atom stereocenters. The monoisotopic (exact) mass is 169 g/mol. The van der Waals surface area contributed by atoms with Crippen LogP contribution in [0.4, 0.5) is 4.39 Å². The number of hydrogen-bond donors (Lipinski definition) is 0. The van der Waals surface area contributed by atoms with Gasteiger partial charge in [-0.15, -0.1) is 0 Å². The molecule has 0 saturated carbocycles. The number of hydrogen-bond acceptors (Lipinski definition) is 2. The smallest absolute Gasteiger partial charge is 0.215 e. The van der Waals surface area contributed by atoms with Gasteiger partial charge in [0.15, 0.2) is 0 Å². The molecule has 0 aliphatic heterocycles. The number of ether oxygens (including phenoxy) is 1. The lowest BCUT2D eigenvalue weighted by Crippen LogP contribution is -1.96. The fourth-order valence-corrected chi connectivity index (χ4v) is 0.960. The number of halogens is 1. The highest BCUT2D eigenvalue weighted by Crippen LogP contribution is 2.19. The average molecular weight is 169 g/mol. The normalized spacial score (nSPS) is 10.4. The molecule has 0 N–H and O–H groups in total. The third kappa shape index (κ3) is 1.72. The average Bonchev–Trinajstić information content (AvgIpc) is 2.03. The molecule has 0 aromatic carbocycles. The molecule has 12 heavy (non-hydrogen) atoms. The molecule has 0 radical (unpaired) electrons. The molecule has 0 amide bonds. The first-order valence-electron chi connectivity index (χ1n) is 3.84. The maximum Gasteiger partial charge on any atom is 0.215 e. The number of pyridine rings is 1. The van der Waals surface area contributed by atoms with Gasteiger partial charge in [-0.25, -0.2) is 9.37 Å². The minimum Gasteiger partial charge on any atom is -0.481 e. The first kappa shape index (κ1) is 8.97. The number of aromatic nitrogens is 1. The van der Waals surface area contributed by atoms with Crippen LogP contribution >= 0.6 is 0 Å². The highest BCUT2D eigenvalue weighted by molar-refractivity contribution is 5.22.